The molecule has 0 bridgehead atoms. The molecule has 5 heteroatoms. The lowest BCUT2D eigenvalue weighted by molar-refractivity contribution is 0.0936. The van der Waals surface area contributed by atoms with E-state index in [0.717, 1.165) is 11.6 Å². The van der Waals surface area contributed by atoms with Crippen molar-refractivity contribution in [3.05, 3.63) is 64.4 Å². The van der Waals surface area contributed by atoms with Crippen molar-refractivity contribution in [1.82, 2.24) is 5.32 Å². The fraction of sp³-hybridized carbons (Fsp3) is 0.188. The molecule has 2 aromatic rings. The van der Waals surface area contributed by atoms with Gasteiger partial charge in [-0.1, -0.05) is 30.7 Å². The Morgan fingerprint density at radius 1 is 1.29 bits per heavy atom. The van der Waals surface area contributed by atoms with Gasteiger partial charge in [0, 0.05) is 10.7 Å². The molecule has 3 nitrogen and oxygen atoms in total. The topological polar surface area (TPSA) is 55.1 Å². The van der Waals surface area contributed by atoms with Crippen molar-refractivity contribution in [1.29, 1.82) is 0 Å². The predicted molar refractivity (Wildman–Crippen MR) is 82.8 cm³/mol. The lowest BCUT2D eigenvalue weighted by atomic mass is 10.0. The molecule has 0 aliphatic heterocycles. The quantitative estimate of drug-likeness (QED) is 0.841. The van der Waals surface area contributed by atoms with Gasteiger partial charge in [0.2, 0.25) is 0 Å². The van der Waals surface area contributed by atoms with E-state index >= 15 is 0 Å². The standard InChI is InChI=1S/C16H16ClFN2O/c1-2-15(10-3-5-11(17)6-4-10)20-16(21)13-9-12(18)7-8-14(13)19/h3-9,15H,2,19H2,1H3,(H,20,21). The van der Waals surface area contributed by atoms with Crippen LogP contribution < -0.4 is 11.1 Å². The van der Waals surface area contributed by atoms with Crippen LogP contribution in [0.25, 0.3) is 0 Å². The summed E-state index contributed by atoms with van der Waals surface area (Å²) in [6.45, 7) is 1.95. The molecule has 0 radical (unpaired) electrons. The van der Waals surface area contributed by atoms with Crippen molar-refractivity contribution in [2.24, 2.45) is 0 Å². The summed E-state index contributed by atoms with van der Waals surface area (Å²) in [7, 11) is 0. The first-order valence-corrected chi connectivity index (χ1v) is 7.00. The van der Waals surface area contributed by atoms with Crippen molar-refractivity contribution in [3.8, 4) is 0 Å². The molecule has 0 aliphatic rings. The van der Waals surface area contributed by atoms with Gasteiger partial charge in [-0.2, -0.15) is 0 Å². The van der Waals surface area contributed by atoms with E-state index in [2.05, 4.69) is 5.32 Å². The highest BCUT2D eigenvalue weighted by atomic mass is 35.5. The van der Waals surface area contributed by atoms with Crippen LogP contribution in [0.3, 0.4) is 0 Å². The zero-order chi connectivity index (χ0) is 15.4. The van der Waals surface area contributed by atoms with Gasteiger partial charge in [-0.25, -0.2) is 4.39 Å². The van der Waals surface area contributed by atoms with Crippen LogP contribution in [0.5, 0.6) is 0 Å². The monoisotopic (exact) mass is 306 g/mol. The summed E-state index contributed by atoms with van der Waals surface area (Å²) in [6, 6.07) is 10.8. The normalized spacial score (nSPS) is 12.0. The number of amides is 1. The SMILES string of the molecule is CCC(NC(=O)c1cc(F)ccc1N)c1ccc(Cl)cc1. The lowest BCUT2D eigenvalue weighted by Gasteiger charge is -2.18. The van der Waals surface area contributed by atoms with Crippen molar-refractivity contribution < 1.29 is 9.18 Å². The van der Waals surface area contributed by atoms with E-state index in [-0.39, 0.29) is 17.3 Å². The van der Waals surface area contributed by atoms with Gasteiger partial charge in [0.1, 0.15) is 5.82 Å². The van der Waals surface area contributed by atoms with Crippen molar-refractivity contribution in [2.75, 3.05) is 5.73 Å². The second-order valence-electron chi connectivity index (χ2n) is 4.72. The van der Waals surface area contributed by atoms with Crippen LogP contribution in [0, 0.1) is 5.82 Å². The van der Waals surface area contributed by atoms with Crippen LogP contribution in [0.1, 0.15) is 35.3 Å². The maximum absolute atomic E-state index is 13.2. The third kappa shape index (κ3) is 3.73. The van der Waals surface area contributed by atoms with Gasteiger partial charge < -0.3 is 11.1 Å². The number of rotatable bonds is 4. The van der Waals surface area contributed by atoms with Gasteiger partial charge in [0.05, 0.1) is 11.6 Å². The second-order valence-corrected chi connectivity index (χ2v) is 5.15. The van der Waals surface area contributed by atoms with Gasteiger partial charge in [-0.15, -0.1) is 0 Å². The summed E-state index contributed by atoms with van der Waals surface area (Å²) in [5.41, 5.74) is 7.05. The number of hydrogen-bond donors (Lipinski definition) is 2. The smallest absolute Gasteiger partial charge is 0.253 e. The minimum absolute atomic E-state index is 0.141. The number of nitrogens with one attached hydrogen (secondary N) is 1. The highest BCUT2D eigenvalue weighted by Gasteiger charge is 2.16. The number of carbonyl (C=O) groups excluding carboxylic acids is 1. The van der Waals surface area contributed by atoms with Crippen LogP contribution >= 0.6 is 11.6 Å². The summed E-state index contributed by atoms with van der Waals surface area (Å²) in [4.78, 5) is 12.2. The van der Waals surface area contributed by atoms with Gasteiger partial charge in [0.15, 0.2) is 0 Å². The Hall–Kier alpha value is -2.07. The molecule has 3 N–H and O–H groups in total. The molecule has 2 rings (SSSR count). The minimum atomic E-state index is -0.492. The number of benzene rings is 2. The lowest BCUT2D eigenvalue weighted by Crippen LogP contribution is -2.28. The predicted octanol–water partition coefficient (Wildman–Crippen LogP) is 3.94. The Morgan fingerprint density at radius 3 is 2.57 bits per heavy atom. The molecule has 0 aliphatic carbocycles. The van der Waals surface area contributed by atoms with Crippen molar-refractivity contribution in [2.45, 2.75) is 19.4 Å². The Morgan fingerprint density at radius 2 is 1.95 bits per heavy atom. The summed E-state index contributed by atoms with van der Waals surface area (Å²) >= 11 is 5.85. The summed E-state index contributed by atoms with van der Waals surface area (Å²) in [5.74, 6) is -0.886. The van der Waals surface area contributed by atoms with Crippen LogP contribution in [-0.2, 0) is 0 Å². The zero-order valence-corrected chi connectivity index (χ0v) is 12.3. The van der Waals surface area contributed by atoms with E-state index in [9.17, 15) is 9.18 Å². The Kier molecular flexibility index (Phi) is 4.81. The van der Waals surface area contributed by atoms with E-state index in [1.807, 2.05) is 19.1 Å². The number of carbonyl (C=O) groups is 1. The zero-order valence-electron chi connectivity index (χ0n) is 11.6. The van der Waals surface area contributed by atoms with E-state index in [0.29, 0.717) is 11.4 Å². The Balaban J connectivity index is 2.20. The fourth-order valence-corrected chi connectivity index (χ4v) is 2.20. The average molecular weight is 307 g/mol. The molecule has 0 saturated carbocycles. The van der Waals surface area contributed by atoms with E-state index < -0.39 is 11.7 Å². The van der Waals surface area contributed by atoms with Crippen molar-refractivity contribution in [3.63, 3.8) is 0 Å². The van der Waals surface area contributed by atoms with Gasteiger partial charge in [0.25, 0.3) is 5.91 Å². The number of halogens is 2. The molecule has 1 unspecified atom stereocenters. The van der Waals surface area contributed by atoms with Crippen LogP contribution in [0.15, 0.2) is 42.5 Å². The summed E-state index contributed by atoms with van der Waals surface area (Å²) in [6.07, 6.45) is 0.697. The molecule has 0 spiro atoms. The maximum Gasteiger partial charge on any atom is 0.253 e. The molecule has 1 amide bonds. The first-order chi connectivity index (χ1) is 10.0. The van der Waals surface area contributed by atoms with Gasteiger partial charge >= 0.3 is 0 Å². The molecular formula is C16H16ClFN2O. The number of hydrogen-bond acceptors (Lipinski definition) is 2. The van der Waals surface area contributed by atoms with Crippen LogP contribution in [0.4, 0.5) is 10.1 Å². The molecular weight excluding hydrogens is 291 g/mol. The highest BCUT2D eigenvalue weighted by Crippen LogP contribution is 2.21. The first-order valence-electron chi connectivity index (χ1n) is 6.62. The molecule has 0 heterocycles. The molecule has 1 atom stereocenters. The largest absolute Gasteiger partial charge is 0.398 e. The van der Waals surface area contributed by atoms with Gasteiger partial charge in [-0.05, 0) is 42.3 Å². The number of nitrogen functional groups attached to an aromatic ring is 1. The summed E-state index contributed by atoms with van der Waals surface area (Å²) in [5, 5.41) is 3.49. The maximum atomic E-state index is 13.2. The Bertz CT molecular complexity index is 643. The fourth-order valence-electron chi connectivity index (χ4n) is 2.08. The average Bonchev–Trinajstić information content (AvgIpc) is 2.48. The minimum Gasteiger partial charge on any atom is -0.398 e. The second kappa shape index (κ2) is 6.59. The molecule has 2 aromatic carbocycles. The Labute approximate surface area is 127 Å². The first kappa shape index (κ1) is 15.3. The third-order valence-corrected chi connectivity index (χ3v) is 3.50. The van der Waals surface area contributed by atoms with Crippen LogP contribution in [0.2, 0.25) is 5.02 Å². The van der Waals surface area contributed by atoms with E-state index in [1.165, 1.54) is 12.1 Å². The van der Waals surface area contributed by atoms with Gasteiger partial charge in [-0.3, -0.25) is 4.79 Å². The van der Waals surface area contributed by atoms with E-state index in [1.54, 1.807) is 12.1 Å². The van der Waals surface area contributed by atoms with E-state index in [4.69, 9.17) is 17.3 Å². The van der Waals surface area contributed by atoms with Crippen molar-refractivity contribution >= 4 is 23.2 Å². The highest BCUT2D eigenvalue weighted by molar-refractivity contribution is 6.30. The molecule has 0 fully saturated rings. The van der Waals surface area contributed by atoms with Crippen LogP contribution in [-0.4, -0.2) is 5.91 Å². The number of anilines is 1. The molecule has 21 heavy (non-hydrogen) atoms. The summed E-state index contributed by atoms with van der Waals surface area (Å²) < 4.78 is 13.2. The number of nitrogens with two attached hydrogens (primary N) is 1. The molecule has 0 saturated heterocycles. The molecule has 110 valence electrons. The molecule has 0 aromatic heterocycles. The third-order valence-electron chi connectivity index (χ3n) is 3.25.